The van der Waals surface area contributed by atoms with Gasteiger partial charge in [-0.1, -0.05) is 12.1 Å². The topological polar surface area (TPSA) is 107 Å². The number of rotatable bonds is 7. The van der Waals surface area contributed by atoms with Crippen molar-refractivity contribution in [2.45, 2.75) is 17.9 Å². The van der Waals surface area contributed by atoms with Gasteiger partial charge in [-0.3, -0.25) is 19.2 Å². The number of methoxy groups -OCH3 is 1. The maximum absolute atomic E-state index is 13.1. The van der Waals surface area contributed by atoms with E-state index in [-0.39, 0.29) is 16.3 Å². The second kappa shape index (κ2) is 7.71. The van der Waals surface area contributed by atoms with Crippen molar-refractivity contribution in [2.75, 3.05) is 11.4 Å². The fourth-order valence-corrected chi connectivity index (χ4v) is 4.09. The zero-order valence-corrected chi connectivity index (χ0v) is 15.4. The lowest BCUT2D eigenvalue weighted by Gasteiger charge is -2.28. The summed E-state index contributed by atoms with van der Waals surface area (Å²) < 4.78 is 32.1. The molecule has 138 valence electrons. The van der Waals surface area contributed by atoms with Crippen LogP contribution >= 0.6 is 11.6 Å². The van der Waals surface area contributed by atoms with E-state index < -0.39 is 26.2 Å². The Morgan fingerprint density at radius 1 is 1.23 bits per heavy atom. The lowest BCUT2D eigenvalue weighted by molar-refractivity contribution is -0.385. The third-order valence-corrected chi connectivity index (χ3v) is 5.78. The van der Waals surface area contributed by atoms with E-state index in [4.69, 9.17) is 16.3 Å². The summed E-state index contributed by atoms with van der Waals surface area (Å²) in [5.41, 5.74) is -0.251. The van der Waals surface area contributed by atoms with Gasteiger partial charge in [0.2, 0.25) is 5.24 Å². The van der Waals surface area contributed by atoms with Crippen LogP contribution < -0.4 is 9.04 Å². The van der Waals surface area contributed by atoms with Crippen molar-refractivity contribution in [3.05, 3.63) is 58.6 Å². The van der Waals surface area contributed by atoms with E-state index >= 15 is 0 Å². The number of hydrogen-bond acceptors (Lipinski definition) is 6. The normalized spacial score (nSPS) is 12.3. The molecule has 0 radical (unpaired) electrons. The van der Waals surface area contributed by atoms with Crippen LogP contribution in [0.2, 0.25) is 0 Å². The Hall–Kier alpha value is -2.65. The van der Waals surface area contributed by atoms with Gasteiger partial charge in [-0.25, -0.2) is 8.42 Å². The molecule has 0 N–H and O–H groups in total. The zero-order valence-electron chi connectivity index (χ0n) is 13.8. The Balaban J connectivity index is 2.65. The van der Waals surface area contributed by atoms with Crippen molar-refractivity contribution in [2.24, 2.45) is 0 Å². The molecule has 0 amide bonds. The second-order valence-electron chi connectivity index (χ2n) is 5.24. The summed E-state index contributed by atoms with van der Waals surface area (Å²) in [6.07, 6.45) is 0. The van der Waals surface area contributed by atoms with Crippen molar-refractivity contribution in [1.29, 1.82) is 0 Å². The van der Waals surface area contributed by atoms with E-state index in [0.29, 0.717) is 5.75 Å². The maximum atomic E-state index is 13.1. The first-order valence-electron chi connectivity index (χ1n) is 7.30. The molecule has 0 aliphatic carbocycles. The average Bonchev–Trinajstić information content (AvgIpc) is 2.61. The molecule has 0 saturated heterocycles. The lowest BCUT2D eigenvalue weighted by atomic mass is 10.2. The molecule has 0 spiro atoms. The number of anilines is 1. The van der Waals surface area contributed by atoms with E-state index in [0.717, 1.165) is 10.4 Å². The Kier molecular flexibility index (Phi) is 5.83. The summed E-state index contributed by atoms with van der Waals surface area (Å²) in [7, 11) is -2.90. The fourth-order valence-electron chi connectivity index (χ4n) is 2.28. The lowest BCUT2D eigenvalue weighted by Crippen LogP contribution is -2.42. The van der Waals surface area contributed by atoms with Crippen molar-refractivity contribution in [3.63, 3.8) is 0 Å². The highest BCUT2D eigenvalue weighted by Crippen LogP contribution is 2.30. The molecule has 2 aromatic rings. The summed E-state index contributed by atoms with van der Waals surface area (Å²) in [4.78, 5) is 21.6. The number of carbonyl (C=O) groups excluding carboxylic acids is 1. The van der Waals surface area contributed by atoms with Crippen LogP contribution in [-0.4, -0.2) is 31.7 Å². The van der Waals surface area contributed by atoms with Crippen LogP contribution in [0.15, 0.2) is 53.4 Å². The highest BCUT2D eigenvalue weighted by molar-refractivity contribution is 7.93. The van der Waals surface area contributed by atoms with Gasteiger partial charge in [-0.15, -0.1) is 0 Å². The van der Waals surface area contributed by atoms with Gasteiger partial charge in [0.1, 0.15) is 11.8 Å². The third-order valence-electron chi connectivity index (χ3n) is 3.57. The second-order valence-corrected chi connectivity index (χ2v) is 7.42. The number of nitrogens with zero attached hydrogens (tertiary/aromatic N) is 2. The molecule has 0 bridgehead atoms. The van der Waals surface area contributed by atoms with Crippen molar-refractivity contribution < 1.29 is 22.9 Å². The zero-order chi connectivity index (χ0) is 19.5. The number of sulfonamides is 1. The van der Waals surface area contributed by atoms with Gasteiger partial charge >= 0.3 is 0 Å². The summed E-state index contributed by atoms with van der Waals surface area (Å²) in [5.74, 6) is 0.371. The van der Waals surface area contributed by atoms with E-state index in [1.54, 1.807) is 12.1 Å². The van der Waals surface area contributed by atoms with Gasteiger partial charge in [0, 0.05) is 18.2 Å². The third kappa shape index (κ3) is 3.94. The molecule has 1 unspecified atom stereocenters. The van der Waals surface area contributed by atoms with E-state index in [9.17, 15) is 23.3 Å². The highest BCUT2D eigenvalue weighted by Gasteiger charge is 2.33. The molecule has 0 aliphatic rings. The Bertz CT molecular complexity index is 947. The molecular formula is C16H15ClN2O6S. The van der Waals surface area contributed by atoms with Crippen molar-refractivity contribution >= 4 is 38.2 Å². The minimum atomic E-state index is -4.31. The van der Waals surface area contributed by atoms with Crippen LogP contribution in [0.5, 0.6) is 5.75 Å². The van der Waals surface area contributed by atoms with Crippen molar-refractivity contribution in [3.8, 4) is 5.75 Å². The maximum Gasteiger partial charge on any atom is 0.270 e. The largest absolute Gasteiger partial charge is 0.497 e. The standard InChI is InChI=1S/C16H15ClN2O6S/c1-11(16(17)20)18(12-5-3-7-14(9-12)25-2)26(23,24)15-8-4-6-13(10-15)19(21)22/h3-11H,1-2H3. The molecule has 8 nitrogen and oxygen atoms in total. The van der Waals surface area contributed by atoms with Crippen LogP contribution in [0.1, 0.15) is 6.92 Å². The molecule has 2 rings (SSSR count). The van der Waals surface area contributed by atoms with Crippen LogP contribution in [0, 0.1) is 10.1 Å². The van der Waals surface area contributed by atoms with Gasteiger partial charge in [-0.05, 0) is 36.7 Å². The number of nitro benzene ring substituents is 1. The minimum absolute atomic E-state index is 0.136. The molecule has 0 fully saturated rings. The predicted octanol–water partition coefficient (Wildman–Crippen LogP) is 2.95. The number of halogens is 1. The van der Waals surface area contributed by atoms with Crippen LogP contribution in [0.4, 0.5) is 11.4 Å². The van der Waals surface area contributed by atoms with Crippen LogP contribution in [0.3, 0.4) is 0 Å². The molecule has 0 saturated carbocycles. The molecular weight excluding hydrogens is 384 g/mol. The summed E-state index contributed by atoms with van der Waals surface area (Å²) in [6, 6.07) is 9.36. The Morgan fingerprint density at radius 3 is 2.46 bits per heavy atom. The number of benzene rings is 2. The van der Waals surface area contributed by atoms with E-state index in [2.05, 4.69) is 0 Å². The first-order chi connectivity index (χ1) is 12.2. The minimum Gasteiger partial charge on any atom is -0.497 e. The Morgan fingerprint density at radius 2 is 1.88 bits per heavy atom. The predicted molar refractivity (Wildman–Crippen MR) is 96.1 cm³/mol. The number of nitro groups is 1. The SMILES string of the molecule is COc1cccc(N(C(C)C(=O)Cl)S(=O)(=O)c2cccc([N+](=O)[O-])c2)c1. The molecule has 10 heteroatoms. The van der Waals surface area contributed by atoms with Gasteiger partial charge in [0.25, 0.3) is 15.7 Å². The fraction of sp³-hybridized carbons (Fsp3) is 0.188. The molecule has 0 aliphatic heterocycles. The average molecular weight is 399 g/mol. The Labute approximate surface area is 155 Å². The van der Waals surface area contributed by atoms with Gasteiger partial charge in [-0.2, -0.15) is 0 Å². The monoisotopic (exact) mass is 398 g/mol. The van der Waals surface area contributed by atoms with Gasteiger partial charge < -0.3 is 4.74 Å². The molecule has 2 aromatic carbocycles. The number of carbonyl (C=O) groups is 1. The summed E-state index contributed by atoms with van der Waals surface area (Å²) in [5, 5.41) is 10.0. The van der Waals surface area contributed by atoms with Crippen LogP contribution in [0.25, 0.3) is 0 Å². The summed E-state index contributed by atoms with van der Waals surface area (Å²) >= 11 is 5.54. The molecule has 0 aromatic heterocycles. The van der Waals surface area contributed by atoms with Gasteiger partial charge in [0.05, 0.1) is 22.6 Å². The number of non-ortho nitro benzene ring substituents is 1. The molecule has 26 heavy (non-hydrogen) atoms. The summed E-state index contributed by atoms with van der Waals surface area (Å²) in [6.45, 7) is 1.32. The number of hydrogen-bond donors (Lipinski definition) is 0. The molecule has 1 atom stereocenters. The first-order valence-corrected chi connectivity index (χ1v) is 9.12. The van der Waals surface area contributed by atoms with Crippen LogP contribution in [-0.2, 0) is 14.8 Å². The number of ether oxygens (including phenoxy) is 1. The van der Waals surface area contributed by atoms with E-state index in [1.807, 2.05) is 0 Å². The van der Waals surface area contributed by atoms with Crippen molar-refractivity contribution in [1.82, 2.24) is 0 Å². The van der Waals surface area contributed by atoms with E-state index in [1.165, 1.54) is 44.4 Å². The quantitative estimate of drug-likeness (QED) is 0.403. The molecule has 0 heterocycles. The smallest absolute Gasteiger partial charge is 0.270 e. The van der Waals surface area contributed by atoms with Gasteiger partial charge in [0.15, 0.2) is 0 Å². The first kappa shape index (κ1) is 19.7. The highest BCUT2D eigenvalue weighted by atomic mass is 35.5.